The van der Waals surface area contributed by atoms with E-state index in [0.29, 0.717) is 5.69 Å². The van der Waals surface area contributed by atoms with Crippen molar-refractivity contribution in [2.24, 2.45) is 0 Å². The van der Waals surface area contributed by atoms with Crippen LogP contribution >= 0.6 is 0 Å². The van der Waals surface area contributed by atoms with Gasteiger partial charge in [-0.3, -0.25) is 9.82 Å². The summed E-state index contributed by atoms with van der Waals surface area (Å²) in [5, 5.41) is 5.91. The van der Waals surface area contributed by atoms with Crippen molar-refractivity contribution in [1.29, 1.82) is 0 Å². The van der Waals surface area contributed by atoms with Gasteiger partial charge in [-0.25, -0.2) is 4.98 Å². The van der Waals surface area contributed by atoms with Crippen molar-refractivity contribution < 1.29 is 8.42 Å². The van der Waals surface area contributed by atoms with Crippen molar-refractivity contribution in [2.75, 3.05) is 10.5 Å². The zero-order valence-electron chi connectivity index (χ0n) is 8.08. The number of rotatable bonds is 3. The molecule has 0 radical (unpaired) electrons. The van der Waals surface area contributed by atoms with Crippen LogP contribution in [0.5, 0.6) is 0 Å². The summed E-state index contributed by atoms with van der Waals surface area (Å²) in [7, 11) is -3.76. The molecule has 0 spiro atoms. The number of H-pyrrole nitrogens is 1. The molecule has 2 aromatic heterocycles. The minimum atomic E-state index is -3.76. The molecule has 2 rings (SSSR count). The van der Waals surface area contributed by atoms with Crippen molar-refractivity contribution in [1.82, 2.24) is 15.2 Å². The van der Waals surface area contributed by atoms with Crippen molar-refractivity contribution in [3.63, 3.8) is 0 Å². The van der Waals surface area contributed by atoms with Gasteiger partial charge in [-0.15, -0.1) is 0 Å². The Bertz CT molecular complexity index is 578. The predicted molar refractivity (Wildman–Crippen MR) is 58.0 cm³/mol. The summed E-state index contributed by atoms with van der Waals surface area (Å²) in [6.07, 6.45) is 4.12. The number of aromatic nitrogens is 3. The van der Waals surface area contributed by atoms with E-state index in [1.54, 1.807) is 6.07 Å². The Morgan fingerprint density at radius 3 is 2.88 bits per heavy atom. The lowest BCUT2D eigenvalue weighted by Gasteiger charge is -2.06. The van der Waals surface area contributed by atoms with Crippen LogP contribution in [0.4, 0.5) is 11.4 Å². The molecule has 8 heteroatoms. The van der Waals surface area contributed by atoms with E-state index in [0.717, 1.165) is 0 Å². The third kappa shape index (κ3) is 1.96. The summed E-state index contributed by atoms with van der Waals surface area (Å²) in [5.74, 6) is 0. The second kappa shape index (κ2) is 3.81. The van der Waals surface area contributed by atoms with Crippen LogP contribution < -0.4 is 10.5 Å². The summed E-state index contributed by atoms with van der Waals surface area (Å²) >= 11 is 0. The Labute approximate surface area is 91.8 Å². The number of nitrogen functional groups attached to an aromatic ring is 1. The summed E-state index contributed by atoms with van der Waals surface area (Å²) in [6.45, 7) is 0. The number of nitrogens with two attached hydrogens (primary N) is 1. The molecule has 84 valence electrons. The first-order valence-corrected chi connectivity index (χ1v) is 5.80. The standard InChI is InChI=1S/C8H9N5O2S/c9-7-2-1-3-10-8(7)16(14,15)13-6-4-11-12-5-6/h1-5,13H,9H2,(H,11,12). The van der Waals surface area contributed by atoms with Gasteiger partial charge in [-0.1, -0.05) is 0 Å². The summed E-state index contributed by atoms with van der Waals surface area (Å²) in [6, 6.07) is 3.03. The molecule has 0 amide bonds. The van der Waals surface area contributed by atoms with E-state index < -0.39 is 10.0 Å². The molecule has 7 nitrogen and oxygen atoms in total. The number of sulfonamides is 1. The molecule has 2 heterocycles. The van der Waals surface area contributed by atoms with Crippen LogP contribution in [0.15, 0.2) is 35.7 Å². The van der Waals surface area contributed by atoms with Gasteiger partial charge in [0.05, 0.1) is 17.6 Å². The molecule has 16 heavy (non-hydrogen) atoms. The van der Waals surface area contributed by atoms with Gasteiger partial charge in [0.15, 0.2) is 5.03 Å². The first kappa shape index (κ1) is 10.4. The smallest absolute Gasteiger partial charge is 0.281 e. The van der Waals surface area contributed by atoms with Crippen LogP contribution in [-0.4, -0.2) is 23.6 Å². The van der Waals surface area contributed by atoms with Crippen molar-refractivity contribution in [2.45, 2.75) is 5.03 Å². The molecule has 2 aromatic rings. The molecule has 0 aliphatic heterocycles. The third-order valence-electron chi connectivity index (χ3n) is 1.81. The van der Waals surface area contributed by atoms with Crippen LogP contribution in [0.2, 0.25) is 0 Å². The van der Waals surface area contributed by atoms with E-state index in [4.69, 9.17) is 5.73 Å². The minimum absolute atomic E-state index is 0.0958. The van der Waals surface area contributed by atoms with Gasteiger partial charge in [0.2, 0.25) is 0 Å². The van der Waals surface area contributed by atoms with Crippen molar-refractivity contribution in [3.8, 4) is 0 Å². The Balaban J connectivity index is 2.37. The van der Waals surface area contributed by atoms with E-state index in [-0.39, 0.29) is 10.7 Å². The molecule has 0 bridgehead atoms. The van der Waals surface area contributed by atoms with Crippen LogP contribution in [0.25, 0.3) is 0 Å². The molecule has 4 N–H and O–H groups in total. The topological polar surface area (TPSA) is 114 Å². The Morgan fingerprint density at radius 2 is 2.25 bits per heavy atom. The van der Waals surface area contributed by atoms with E-state index in [2.05, 4.69) is 19.9 Å². The van der Waals surface area contributed by atoms with Gasteiger partial charge < -0.3 is 5.73 Å². The number of nitrogens with one attached hydrogen (secondary N) is 2. The number of aromatic amines is 1. The lowest BCUT2D eigenvalue weighted by Crippen LogP contribution is -2.15. The number of anilines is 2. The maximum Gasteiger partial charge on any atom is 0.281 e. The van der Waals surface area contributed by atoms with Crippen molar-refractivity contribution in [3.05, 3.63) is 30.7 Å². The Hall–Kier alpha value is -2.09. The van der Waals surface area contributed by atoms with E-state index in [9.17, 15) is 8.42 Å². The lowest BCUT2D eigenvalue weighted by atomic mass is 10.4. The zero-order valence-corrected chi connectivity index (χ0v) is 8.90. The highest BCUT2D eigenvalue weighted by molar-refractivity contribution is 7.92. The van der Waals surface area contributed by atoms with Gasteiger partial charge in [0, 0.05) is 12.4 Å². The quantitative estimate of drug-likeness (QED) is 0.707. The van der Waals surface area contributed by atoms with Gasteiger partial charge in [-0.2, -0.15) is 13.5 Å². The monoisotopic (exact) mass is 239 g/mol. The maximum absolute atomic E-state index is 11.8. The summed E-state index contributed by atoms with van der Waals surface area (Å²) in [5.41, 5.74) is 5.95. The molecular weight excluding hydrogens is 230 g/mol. The normalized spacial score (nSPS) is 11.2. The number of nitrogens with zero attached hydrogens (tertiary/aromatic N) is 2. The predicted octanol–water partition coefficient (Wildman–Crippen LogP) is 0.188. The highest BCUT2D eigenvalue weighted by Crippen LogP contribution is 2.17. The van der Waals surface area contributed by atoms with Crippen LogP contribution in [0.3, 0.4) is 0 Å². The largest absolute Gasteiger partial charge is 0.396 e. The summed E-state index contributed by atoms with van der Waals surface area (Å²) in [4.78, 5) is 3.72. The van der Waals surface area contributed by atoms with Gasteiger partial charge in [0.25, 0.3) is 10.0 Å². The molecule has 0 unspecified atom stereocenters. The van der Waals surface area contributed by atoms with Crippen LogP contribution in [-0.2, 0) is 10.0 Å². The number of pyridine rings is 1. The average molecular weight is 239 g/mol. The average Bonchev–Trinajstić information content (AvgIpc) is 2.70. The molecule has 0 aliphatic carbocycles. The lowest BCUT2D eigenvalue weighted by molar-refractivity contribution is 0.598. The first-order chi connectivity index (χ1) is 7.59. The fraction of sp³-hybridized carbons (Fsp3) is 0. The Morgan fingerprint density at radius 1 is 1.44 bits per heavy atom. The highest BCUT2D eigenvalue weighted by Gasteiger charge is 2.18. The van der Waals surface area contributed by atoms with Crippen molar-refractivity contribution >= 4 is 21.4 Å². The second-order valence-electron chi connectivity index (χ2n) is 2.99. The van der Waals surface area contributed by atoms with Crippen LogP contribution in [0, 0.1) is 0 Å². The van der Waals surface area contributed by atoms with Crippen LogP contribution in [0.1, 0.15) is 0 Å². The third-order valence-corrected chi connectivity index (χ3v) is 3.16. The zero-order chi connectivity index (χ0) is 11.6. The molecule has 0 saturated carbocycles. The highest BCUT2D eigenvalue weighted by atomic mass is 32.2. The van der Waals surface area contributed by atoms with Gasteiger partial charge in [-0.05, 0) is 12.1 Å². The van der Waals surface area contributed by atoms with E-state index >= 15 is 0 Å². The summed E-state index contributed by atoms with van der Waals surface area (Å²) < 4.78 is 25.9. The molecule has 0 aliphatic rings. The molecule has 0 fully saturated rings. The molecular formula is C8H9N5O2S. The van der Waals surface area contributed by atoms with E-state index in [1.165, 1.54) is 24.7 Å². The second-order valence-corrected chi connectivity index (χ2v) is 4.59. The number of hydrogen-bond acceptors (Lipinski definition) is 5. The van der Waals surface area contributed by atoms with E-state index in [1.807, 2.05) is 0 Å². The molecule has 0 aromatic carbocycles. The SMILES string of the molecule is Nc1cccnc1S(=O)(=O)Nc1cn[nH]c1. The van der Waals surface area contributed by atoms with Gasteiger partial charge in [0.1, 0.15) is 0 Å². The molecule has 0 saturated heterocycles. The molecule has 0 atom stereocenters. The fourth-order valence-electron chi connectivity index (χ4n) is 1.14. The first-order valence-electron chi connectivity index (χ1n) is 4.32. The fourth-order valence-corrected chi connectivity index (χ4v) is 2.23. The van der Waals surface area contributed by atoms with Gasteiger partial charge >= 0.3 is 0 Å². The maximum atomic E-state index is 11.8. The minimum Gasteiger partial charge on any atom is -0.396 e. The Kier molecular flexibility index (Phi) is 2.49. The number of hydrogen-bond donors (Lipinski definition) is 3.